The molecule has 0 unspecified atom stereocenters. The van der Waals surface area contributed by atoms with Gasteiger partial charge in [-0.3, -0.25) is 19.2 Å². The minimum absolute atomic E-state index is 0.0459. The van der Waals surface area contributed by atoms with Crippen LogP contribution in [-0.4, -0.2) is 9.03 Å². The number of halogens is 1. The third-order valence-electron chi connectivity index (χ3n) is 5.34. The van der Waals surface area contributed by atoms with E-state index in [0.29, 0.717) is 17.3 Å². The molecule has 2 heterocycles. The molecule has 0 N–H and O–H groups in total. The van der Waals surface area contributed by atoms with Crippen molar-refractivity contribution in [2.45, 2.75) is 13.3 Å². The smallest absolute Gasteiger partial charge is 0.278 e. The van der Waals surface area contributed by atoms with Gasteiger partial charge in [-0.15, -0.1) is 0 Å². The van der Waals surface area contributed by atoms with Crippen molar-refractivity contribution in [3.05, 3.63) is 100 Å². The summed E-state index contributed by atoms with van der Waals surface area (Å²) in [6.45, 7) is 1.91. The van der Waals surface area contributed by atoms with Crippen molar-refractivity contribution >= 4 is 44.2 Å². The number of hydrogen-bond donors (Lipinski definition) is 0. The summed E-state index contributed by atoms with van der Waals surface area (Å²) in [5, 5.41) is 0.674. The largest absolute Gasteiger partial charge is 0.287 e. The second-order valence-corrected chi connectivity index (χ2v) is 7.26. The molecule has 29 heavy (non-hydrogen) atoms. The molecule has 0 saturated carbocycles. The van der Waals surface area contributed by atoms with Crippen LogP contribution in [0.4, 0.5) is 0 Å². The number of rotatable bonds is 1. The maximum absolute atomic E-state index is 13.4. The van der Waals surface area contributed by atoms with Crippen LogP contribution in [0.2, 0.25) is 5.02 Å². The summed E-state index contributed by atoms with van der Waals surface area (Å²) in [6.07, 6.45) is 0.560. The number of aryl methyl sites for hydroxylation is 1. The standard InChI is InChI=1S/C22H13ClN2O4/c1-2-11-6-5-9-14-17-19(16(26)10-15(23)20(17)27)25-22(29)13-8-4-3-7-12(13)21(28)24(25)18(11)14/h3-10H,2H2,1H3. The molecule has 142 valence electrons. The summed E-state index contributed by atoms with van der Waals surface area (Å²) in [4.78, 5) is 52.6. The van der Waals surface area contributed by atoms with Crippen LogP contribution in [0.25, 0.3) is 32.6 Å². The topological polar surface area (TPSA) is 77.1 Å². The second kappa shape index (κ2) is 5.99. The van der Waals surface area contributed by atoms with E-state index in [1.54, 1.807) is 30.3 Å². The van der Waals surface area contributed by atoms with E-state index < -0.39 is 22.0 Å². The first kappa shape index (κ1) is 17.6. The Morgan fingerprint density at radius 1 is 0.793 bits per heavy atom. The molecule has 0 fully saturated rings. The molecule has 0 radical (unpaired) electrons. The highest BCUT2D eigenvalue weighted by molar-refractivity contribution is 6.31. The van der Waals surface area contributed by atoms with Gasteiger partial charge >= 0.3 is 0 Å². The normalized spacial score (nSPS) is 11.8. The van der Waals surface area contributed by atoms with Gasteiger partial charge in [-0.2, -0.15) is 0 Å². The Labute approximate surface area is 167 Å². The van der Waals surface area contributed by atoms with Crippen LogP contribution in [0.5, 0.6) is 0 Å². The van der Waals surface area contributed by atoms with E-state index in [0.717, 1.165) is 16.1 Å². The monoisotopic (exact) mass is 404 g/mol. The molecular formula is C22H13ClN2O4. The Hall–Kier alpha value is -3.51. The van der Waals surface area contributed by atoms with Gasteiger partial charge in [-0.05, 0) is 24.1 Å². The first-order valence-corrected chi connectivity index (χ1v) is 9.44. The average molecular weight is 405 g/mol. The third-order valence-corrected chi connectivity index (χ3v) is 5.62. The van der Waals surface area contributed by atoms with Crippen LogP contribution < -0.4 is 22.0 Å². The Bertz CT molecular complexity index is 1740. The van der Waals surface area contributed by atoms with Crippen molar-refractivity contribution < 1.29 is 0 Å². The zero-order valence-corrected chi connectivity index (χ0v) is 16.0. The van der Waals surface area contributed by atoms with Crippen molar-refractivity contribution in [2.75, 3.05) is 0 Å². The summed E-state index contributed by atoms with van der Waals surface area (Å²) in [7, 11) is 0. The van der Waals surface area contributed by atoms with E-state index >= 15 is 0 Å². The van der Waals surface area contributed by atoms with Crippen LogP contribution in [0.15, 0.2) is 67.7 Å². The van der Waals surface area contributed by atoms with Gasteiger partial charge in [0.15, 0.2) is 0 Å². The Morgan fingerprint density at radius 3 is 2.00 bits per heavy atom. The molecule has 0 saturated heterocycles. The highest BCUT2D eigenvalue weighted by atomic mass is 35.5. The number of aromatic nitrogens is 2. The lowest BCUT2D eigenvalue weighted by atomic mass is 10.0. The predicted octanol–water partition coefficient (Wildman–Crippen LogP) is 2.59. The maximum atomic E-state index is 13.4. The fraction of sp³-hybridized carbons (Fsp3) is 0.0909. The highest BCUT2D eigenvalue weighted by Gasteiger charge is 2.21. The van der Waals surface area contributed by atoms with Gasteiger partial charge in [0.05, 0.1) is 26.7 Å². The molecular weight excluding hydrogens is 392 g/mol. The molecule has 5 rings (SSSR count). The van der Waals surface area contributed by atoms with Crippen molar-refractivity contribution in [3.8, 4) is 0 Å². The van der Waals surface area contributed by atoms with Gasteiger partial charge < -0.3 is 0 Å². The number of nitrogens with zero attached hydrogens (tertiary/aromatic N) is 2. The van der Waals surface area contributed by atoms with Crippen molar-refractivity contribution in [2.24, 2.45) is 0 Å². The molecule has 0 aliphatic carbocycles. The highest BCUT2D eigenvalue weighted by Crippen LogP contribution is 2.24. The lowest BCUT2D eigenvalue weighted by molar-refractivity contribution is 0.794. The fourth-order valence-electron chi connectivity index (χ4n) is 4.06. The molecule has 0 atom stereocenters. The van der Waals surface area contributed by atoms with E-state index in [2.05, 4.69) is 0 Å². The SMILES string of the molecule is CCc1cccc2c3c(=O)c(Cl)cc(=O)c3n3c(=O)c4ccccc4c(=O)n3c12. The van der Waals surface area contributed by atoms with Gasteiger partial charge in [0.2, 0.25) is 10.9 Å². The number of para-hydroxylation sites is 1. The van der Waals surface area contributed by atoms with Crippen LogP contribution in [-0.2, 0) is 6.42 Å². The zero-order chi connectivity index (χ0) is 20.4. The van der Waals surface area contributed by atoms with Crippen LogP contribution in [0.1, 0.15) is 12.5 Å². The van der Waals surface area contributed by atoms with Crippen LogP contribution in [0, 0.1) is 0 Å². The number of benzene rings is 3. The van der Waals surface area contributed by atoms with Crippen molar-refractivity contribution in [3.63, 3.8) is 0 Å². The summed E-state index contributed by atoms with van der Waals surface area (Å²) in [5.74, 6) is 0. The first-order chi connectivity index (χ1) is 14.0. The van der Waals surface area contributed by atoms with Crippen molar-refractivity contribution in [1.82, 2.24) is 9.03 Å². The fourth-order valence-corrected chi connectivity index (χ4v) is 4.25. The zero-order valence-electron chi connectivity index (χ0n) is 15.2. The second-order valence-electron chi connectivity index (χ2n) is 6.86. The summed E-state index contributed by atoms with van der Waals surface area (Å²) >= 11 is 6.02. The molecule has 5 aromatic rings. The minimum Gasteiger partial charge on any atom is -0.287 e. The average Bonchev–Trinajstić information content (AvgIpc) is 2.73. The molecule has 0 spiro atoms. The lowest BCUT2D eigenvalue weighted by Crippen LogP contribution is -2.34. The first-order valence-electron chi connectivity index (χ1n) is 9.06. The van der Waals surface area contributed by atoms with E-state index in [1.165, 1.54) is 10.6 Å². The van der Waals surface area contributed by atoms with E-state index in [9.17, 15) is 19.2 Å². The van der Waals surface area contributed by atoms with Crippen molar-refractivity contribution in [1.29, 1.82) is 0 Å². The molecule has 0 bridgehead atoms. The molecule has 0 aliphatic heterocycles. The Kier molecular flexibility index (Phi) is 3.63. The van der Waals surface area contributed by atoms with Gasteiger partial charge in [0.25, 0.3) is 11.1 Å². The predicted molar refractivity (Wildman–Crippen MR) is 114 cm³/mol. The molecule has 0 aliphatic rings. The third kappa shape index (κ3) is 2.17. The number of hydrogen-bond acceptors (Lipinski definition) is 4. The molecule has 0 amide bonds. The molecule has 6 nitrogen and oxygen atoms in total. The molecule has 3 aromatic carbocycles. The molecule has 7 heteroatoms. The van der Waals surface area contributed by atoms with Crippen LogP contribution in [0.3, 0.4) is 0 Å². The number of fused-ring (bicyclic) bond motifs is 7. The quantitative estimate of drug-likeness (QED) is 0.318. The van der Waals surface area contributed by atoms with E-state index in [-0.39, 0.29) is 26.7 Å². The van der Waals surface area contributed by atoms with Crippen LogP contribution >= 0.6 is 11.6 Å². The summed E-state index contributed by atoms with van der Waals surface area (Å²) in [6, 6.07) is 12.7. The summed E-state index contributed by atoms with van der Waals surface area (Å²) < 4.78 is 2.25. The molecule has 2 aromatic heterocycles. The minimum atomic E-state index is -0.595. The van der Waals surface area contributed by atoms with E-state index in [4.69, 9.17) is 11.6 Å². The van der Waals surface area contributed by atoms with Gasteiger partial charge in [0.1, 0.15) is 5.52 Å². The Balaban J connectivity index is 2.39. The van der Waals surface area contributed by atoms with Gasteiger partial charge in [-0.25, -0.2) is 9.03 Å². The van der Waals surface area contributed by atoms with E-state index in [1.807, 2.05) is 13.0 Å². The van der Waals surface area contributed by atoms with Gasteiger partial charge in [0, 0.05) is 11.5 Å². The lowest BCUT2D eigenvalue weighted by Gasteiger charge is -2.15. The Morgan fingerprint density at radius 2 is 1.38 bits per heavy atom. The maximum Gasteiger partial charge on any atom is 0.278 e. The summed E-state index contributed by atoms with van der Waals surface area (Å²) in [5.41, 5.74) is -1.07. The van der Waals surface area contributed by atoms with Gasteiger partial charge in [-0.1, -0.05) is 48.9 Å².